The lowest BCUT2D eigenvalue weighted by Crippen LogP contribution is -2.19. The fraction of sp³-hybridized carbons (Fsp3) is 0.571. The number of imidazole rings is 1. The molecule has 0 aliphatic carbocycles. The Morgan fingerprint density at radius 3 is 2.77 bits per heavy atom. The molecule has 1 atom stereocenters. The highest BCUT2D eigenvalue weighted by Crippen LogP contribution is 2.33. The Labute approximate surface area is 185 Å². The molecule has 1 aliphatic heterocycles. The van der Waals surface area contributed by atoms with Crippen LogP contribution in [-0.2, 0) is 20.8 Å². The largest absolute Gasteiger partial charge is 0.462 e. The number of ether oxygens (including phenoxy) is 2. The van der Waals surface area contributed by atoms with Gasteiger partial charge >= 0.3 is 5.97 Å². The maximum Gasteiger partial charge on any atom is 0.341 e. The highest BCUT2D eigenvalue weighted by molar-refractivity contribution is 7.99. The smallest absolute Gasteiger partial charge is 0.341 e. The average molecular weight is 452 g/mol. The summed E-state index contributed by atoms with van der Waals surface area (Å²) in [6, 6.07) is 0. The maximum atomic E-state index is 12.6. The third kappa shape index (κ3) is 5.07. The zero-order valence-electron chi connectivity index (χ0n) is 18.2. The van der Waals surface area contributed by atoms with E-state index in [1.54, 1.807) is 6.92 Å². The van der Waals surface area contributed by atoms with Gasteiger partial charge in [-0.3, -0.25) is 4.79 Å². The van der Waals surface area contributed by atoms with Crippen molar-refractivity contribution in [3.8, 4) is 0 Å². The molecule has 0 spiro atoms. The van der Waals surface area contributed by atoms with Gasteiger partial charge in [0, 0.05) is 17.2 Å². The van der Waals surface area contributed by atoms with Gasteiger partial charge in [0.25, 0.3) is 0 Å². The quantitative estimate of drug-likeness (QED) is 0.477. The predicted molar refractivity (Wildman–Crippen MR) is 120 cm³/mol. The average Bonchev–Trinajstić information content (AvgIpc) is 3.37. The van der Waals surface area contributed by atoms with Crippen molar-refractivity contribution in [2.24, 2.45) is 0 Å². The molecule has 0 bridgehead atoms. The van der Waals surface area contributed by atoms with Crippen LogP contribution in [0.15, 0.2) is 5.16 Å². The first-order valence-electron chi connectivity index (χ1n) is 10.2. The second-order valence-corrected chi connectivity index (χ2v) is 9.52. The number of thioether (sulfide) groups is 1. The van der Waals surface area contributed by atoms with Crippen LogP contribution in [0.3, 0.4) is 0 Å². The van der Waals surface area contributed by atoms with Crippen LogP contribution >= 0.6 is 23.1 Å². The number of thiophene rings is 1. The number of hydrogen-bond donors (Lipinski definition) is 1. The van der Waals surface area contributed by atoms with E-state index in [-0.39, 0.29) is 17.8 Å². The Hall–Kier alpha value is -1.84. The van der Waals surface area contributed by atoms with Gasteiger partial charge in [-0.2, -0.15) is 0 Å². The van der Waals surface area contributed by atoms with E-state index in [4.69, 9.17) is 9.47 Å². The van der Waals surface area contributed by atoms with Crippen LogP contribution in [-0.4, -0.2) is 46.5 Å². The van der Waals surface area contributed by atoms with Crippen molar-refractivity contribution >= 4 is 40.0 Å². The second-order valence-electron chi connectivity index (χ2n) is 7.36. The minimum Gasteiger partial charge on any atom is -0.462 e. The number of amides is 1. The molecule has 2 aromatic heterocycles. The third-order valence-electron chi connectivity index (χ3n) is 5.28. The van der Waals surface area contributed by atoms with Gasteiger partial charge in [-0.25, -0.2) is 9.78 Å². The number of aryl methyl sites for hydroxylation is 2. The first kappa shape index (κ1) is 22.8. The third-order valence-corrected chi connectivity index (χ3v) is 7.38. The molecule has 9 heteroatoms. The number of nitrogens with zero attached hydrogens (tertiary/aromatic N) is 2. The Kier molecular flexibility index (Phi) is 7.60. The van der Waals surface area contributed by atoms with Crippen molar-refractivity contribution in [2.45, 2.75) is 65.3 Å². The zero-order valence-corrected chi connectivity index (χ0v) is 19.8. The molecular weight excluding hydrogens is 422 g/mol. The SMILES string of the molecule is CCOC(=O)c1c(NC(=O)CSc2nc(C)c(C)n2C[C@H]2CCCO2)sc(C)c1C. The molecule has 1 aliphatic rings. The predicted octanol–water partition coefficient (Wildman–Crippen LogP) is 4.26. The summed E-state index contributed by atoms with van der Waals surface area (Å²) in [5.41, 5.74) is 3.36. The van der Waals surface area contributed by atoms with Crippen molar-refractivity contribution in [3.63, 3.8) is 0 Å². The summed E-state index contributed by atoms with van der Waals surface area (Å²) in [4.78, 5) is 30.6. The van der Waals surface area contributed by atoms with Gasteiger partial charge in [-0.05, 0) is 53.0 Å². The number of carbonyl (C=O) groups is 2. The molecule has 3 rings (SSSR count). The Morgan fingerprint density at radius 1 is 1.33 bits per heavy atom. The van der Waals surface area contributed by atoms with E-state index in [1.807, 2.05) is 27.7 Å². The Morgan fingerprint density at radius 2 is 2.10 bits per heavy atom. The van der Waals surface area contributed by atoms with E-state index < -0.39 is 5.97 Å². The lowest BCUT2D eigenvalue weighted by Gasteiger charge is -2.14. The molecule has 1 amide bonds. The maximum absolute atomic E-state index is 12.6. The monoisotopic (exact) mass is 451 g/mol. The molecule has 0 unspecified atom stereocenters. The van der Waals surface area contributed by atoms with Crippen LogP contribution in [0.4, 0.5) is 5.00 Å². The molecule has 7 nitrogen and oxygen atoms in total. The minimum atomic E-state index is -0.402. The lowest BCUT2D eigenvalue weighted by atomic mass is 10.1. The zero-order chi connectivity index (χ0) is 21.8. The van der Waals surface area contributed by atoms with Crippen molar-refractivity contribution in [2.75, 3.05) is 24.3 Å². The van der Waals surface area contributed by atoms with Gasteiger partial charge in [-0.15, -0.1) is 11.3 Å². The topological polar surface area (TPSA) is 82.5 Å². The molecule has 1 fully saturated rings. The summed E-state index contributed by atoms with van der Waals surface area (Å²) >= 11 is 2.80. The number of carbonyl (C=O) groups excluding carboxylic acids is 2. The van der Waals surface area contributed by atoms with E-state index in [2.05, 4.69) is 14.9 Å². The summed E-state index contributed by atoms with van der Waals surface area (Å²) in [5.74, 6) is -0.367. The van der Waals surface area contributed by atoms with Gasteiger partial charge < -0.3 is 19.4 Å². The molecule has 3 heterocycles. The van der Waals surface area contributed by atoms with Gasteiger partial charge in [-0.1, -0.05) is 11.8 Å². The number of esters is 1. The van der Waals surface area contributed by atoms with Crippen LogP contribution in [0, 0.1) is 27.7 Å². The summed E-state index contributed by atoms with van der Waals surface area (Å²) in [6.07, 6.45) is 2.34. The molecule has 1 saturated heterocycles. The fourth-order valence-corrected chi connectivity index (χ4v) is 5.36. The van der Waals surface area contributed by atoms with E-state index in [9.17, 15) is 9.59 Å². The number of rotatable bonds is 8. The van der Waals surface area contributed by atoms with Gasteiger partial charge in [0.05, 0.1) is 36.3 Å². The highest BCUT2D eigenvalue weighted by atomic mass is 32.2. The summed E-state index contributed by atoms with van der Waals surface area (Å²) < 4.78 is 13.1. The van der Waals surface area contributed by atoms with Crippen LogP contribution in [0.2, 0.25) is 0 Å². The molecule has 0 radical (unpaired) electrons. The standard InChI is InChI=1S/C21H29N3O4S2/c1-6-27-20(26)18-12(2)15(5)30-19(18)23-17(25)11-29-21-22-13(3)14(4)24(21)10-16-8-7-9-28-16/h16H,6-11H2,1-5H3,(H,23,25)/t16-/m1/s1. The molecule has 164 valence electrons. The van der Waals surface area contributed by atoms with Crippen LogP contribution < -0.4 is 5.32 Å². The van der Waals surface area contributed by atoms with E-state index in [1.165, 1.54) is 23.1 Å². The van der Waals surface area contributed by atoms with Crippen LogP contribution in [0.5, 0.6) is 0 Å². The van der Waals surface area contributed by atoms with Crippen molar-refractivity contribution in [1.29, 1.82) is 0 Å². The molecule has 0 saturated carbocycles. The van der Waals surface area contributed by atoms with Crippen LogP contribution in [0.1, 0.15) is 52.0 Å². The van der Waals surface area contributed by atoms with Gasteiger partial charge in [0.1, 0.15) is 5.00 Å². The Balaban J connectivity index is 1.68. The summed E-state index contributed by atoms with van der Waals surface area (Å²) in [5, 5.41) is 4.26. The van der Waals surface area contributed by atoms with Crippen LogP contribution in [0.25, 0.3) is 0 Å². The molecule has 2 aromatic rings. The number of aromatic nitrogens is 2. The van der Waals surface area contributed by atoms with Crippen molar-refractivity contribution < 1.29 is 19.1 Å². The van der Waals surface area contributed by atoms with Crippen molar-refractivity contribution in [1.82, 2.24) is 9.55 Å². The number of anilines is 1. The Bertz CT molecular complexity index is 929. The molecule has 30 heavy (non-hydrogen) atoms. The first-order valence-corrected chi connectivity index (χ1v) is 12.0. The fourth-order valence-electron chi connectivity index (χ4n) is 3.40. The first-order chi connectivity index (χ1) is 14.3. The normalized spacial score (nSPS) is 16.1. The molecule has 0 aromatic carbocycles. The van der Waals surface area contributed by atoms with Gasteiger partial charge in [0.2, 0.25) is 5.91 Å². The van der Waals surface area contributed by atoms with E-state index in [0.717, 1.165) is 53.0 Å². The van der Waals surface area contributed by atoms with Gasteiger partial charge in [0.15, 0.2) is 5.16 Å². The molecule has 1 N–H and O–H groups in total. The summed E-state index contributed by atoms with van der Waals surface area (Å²) in [7, 11) is 0. The van der Waals surface area contributed by atoms with Crippen molar-refractivity contribution in [3.05, 3.63) is 27.4 Å². The second kappa shape index (κ2) is 9.98. The lowest BCUT2D eigenvalue weighted by molar-refractivity contribution is -0.113. The number of nitrogens with one attached hydrogen (secondary N) is 1. The highest BCUT2D eigenvalue weighted by Gasteiger charge is 2.23. The van der Waals surface area contributed by atoms with E-state index in [0.29, 0.717) is 17.2 Å². The summed E-state index contributed by atoms with van der Waals surface area (Å²) in [6.45, 7) is 11.5. The number of hydrogen-bond acceptors (Lipinski definition) is 7. The van der Waals surface area contributed by atoms with E-state index >= 15 is 0 Å². The minimum absolute atomic E-state index is 0.172. The molecular formula is C21H29N3O4S2.